The first kappa shape index (κ1) is 28.8. The summed E-state index contributed by atoms with van der Waals surface area (Å²) in [4.78, 5) is 12.5. The van der Waals surface area contributed by atoms with E-state index in [0.717, 1.165) is 12.0 Å². The minimum Gasteiger partial charge on any atom is -0.426 e. The SMILES string of the molecule is C#CCc1cccc(C(=O)NCCCCCCCCCCCCCCCCCC)c1OI. The highest BCUT2D eigenvalue weighted by atomic mass is 127. The van der Waals surface area contributed by atoms with Crippen molar-refractivity contribution in [2.45, 2.75) is 116 Å². The quantitative estimate of drug-likeness (QED) is 0.0998. The fourth-order valence-corrected chi connectivity index (χ4v) is 4.59. The summed E-state index contributed by atoms with van der Waals surface area (Å²) in [6, 6.07) is 5.55. The van der Waals surface area contributed by atoms with Crippen LogP contribution < -0.4 is 8.38 Å². The minimum atomic E-state index is -0.0866. The zero-order valence-corrected chi connectivity index (χ0v) is 22.4. The second-order valence-electron chi connectivity index (χ2n) is 8.81. The van der Waals surface area contributed by atoms with Crippen molar-refractivity contribution in [3.05, 3.63) is 29.3 Å². The van der Waals surface area contributed by atoms with Crippen LogP contribution in [0.25, 0.3) is 0 Å². The fourth-order valence-electron chi connectivity index (χ4n) is 4.07. The average Bonchev–Trinajstić information content (AvgIpc) is 2.81. The van der Waals surface area contributed by atoms with Crippen LogP contribution in [0.3, 0.4) is 0 Å². The summed E-state index contributed by atoms with van der Waals surface area (Å²) in [5.41, 5.74) is 1.43. The maximum Gasteiger partial charge on any atom is 0.255 e. The largest absolute Gasteiger partial charge is 0.426 e. The van der Waals surface area contributed by atoms with E-state index in [2.05, 4.69) is 18.2 Å². The second kappa shape index (κ2) is 20.4. The molecule has 180 valence electrons. The van der Waals surface area contributed by atoms with E-state index in [-0.39, 0.29) is 5.91 Å². The molecule has 0 spiro atoms. The maximum atomic E-state index is 12.5. The Morgan fingerprint density at radius 3 is 1.84 bits per heavy atom. The summed E-state index contributed by atoms with van der Waals surface area (Å²) in [5, 5.41) is 3.02. The molecule has 32 heavy (non-hydrogen) atoms. The summed E-state index contributed by atoms with van der Waals surface area (Å²) < 4.78 is 5.40. The van der Waals surface area contributed by atoms with Crippen molar-refractivity contribution < 1.29 is 7.86 Å². The normalized spacial score (nSPS) is 10.7. The molecule has 1 aromatic carbocycles. The molecule has 0 aliphatic rings. The highest BCUT2D eigenvalue weighted by molar-refractivity contribution is 14.1. The van der Waals surface area contributed by atoms with Gasteiger partial charge in [0.2, 0.25) is 0 Å². The molecule has 0 aliphatic carbocycles. The number of halogens is 1. The zero-order chi connectivity index (χ0) is 23.3. The number of carbonyl (C=O) groups excluding carboxylic acids is 1. The summed E-state index contributed by atoms with van der Waals surface area (Å²) in [7, 11) is 0. The average molecular weight is 554 g/mol. The van der Waals surface area contributed by atoms with Crippen LogP contribution in [0.5, 0.6) is 5.75 Å². The highest BCUT2D eigenvalue weighted by Crippen LogP contribution is 2.26. The molecule has 1 aromatic rings. The van der Waals surface area contributed by atoms with Crippen molar-refractivity contribution in [2.24, 2.45) is 0 Å². The van der Waals surface area contributed by atoms with Crippen LogP contribution in [0, 0.1) is 12.3 Å². The third kappa shape index (κ3) is 13.4. The van der Waals surface area contributed by atoms with Crippen molar-refractivity contribution in [3.8, 4) is 18.1 Å². The van der Waals surface area contributed by atoms with Crippen LogP contribution in [0.2, 0.25) is 0 Å². The number of terminal acetylenes is 1. The Morgan fingerprint density at radius 2 is 1.38 bits per heavy atom. The number of benzene rings is 1. The minimum absolute atomic E-state index is 0.0866. The van der Waals surface area contributed by atoms with Gasteiger partial charge in [0.1, 0.15) is 5.75 Å². The van der Waals surface area contributed by atoms with Gasteiger partial charge in [0.25, 0.3) is 5.91 Å². The van der Waals surface area contributed by atoms with Gasteiger partial charge in [-0.25, -0.2) is 0 Å². The molecule has 1 N–H and O–H groups in total. The monoisotopic (exact) mass is 553 g/mol. The van der Waals surface area contributed by atoms with E-state index in [9.17, 15) is 4.79 Å². The molecule has 0 unspecified atom stereocenters. The van der Waals surface area contributed by atoms with E-state index >= 15 is 0 Å². The molecular weight excluding hydrogens is 509 g/mol. The summed E-state index contributed by atoms with van der Waals surface area (Å²) in [6.07, 6.45) is 27.5. The van der Waals surface area contributed by atoms with E-state index in [1.165, 1.54) is 96.3 Å². The van der Waals surface area contributed by atoms with Gasteiger partial charge in [0.15, 0.2) is 23.0 Å². The maximum absolute atomic E-state index is 12.5. The predicted octanol–water partition coefficient (Wildman–Crippen LogP) is 8.58. The molecule has 0 bridgehead atoms. The lowest BCUT2D eigenvalue weighted by atomic mass is 10.0. The van der Waals surface area contributed by atoms with Crippen LogP contribution in [-0.2, 0) is 6.42 Å². The van der Waals surface area contributed by atoms with Crippen LogP contribution in [0.15, 0.2) is 18.2 Å². The molecule has 0 radical (unpaired) electrons. The molecular formula is C28H44INO2. The van der Waals surface area contributed by atoms with E-state index < -0.39 is 0 Å². The van der Waals surface area contributed by atoms with Crippen LogP contribution in [0.1, 0.15) is 126 Å². The first-order valence-corrected chi connectivity index (χ1v) is 13.7. The number of unbranched alkanes of at least 4 members (excludes halogenated alkanes) is 15. The molecule has 1 rings (SSSR count). The van der Waals surface area contributed by atoms with Gasteiger partial charge in [-0.15, -0.1) is 12.3 Å². The number of para-hydroxylation sites is 1. The van der Waals surface area contributed by atoms with Gasteiger partial charge >= 0.3 is 0 Å². The molecule has 3 nitrogen and oxygen atoms in total. The number of hydrogen-bond donors (Lipinski definition) is 1. The summed E-state index contributed by atoms with van der Waals surface area (Å²) in [5.74, 6) is 3.11. The number of nitrogens with one attached hydrogen (secondary N) is 1. The Balaban J connectivity index is 1.98. The Morgan fingerprint density at radius 1 is 0.875 bits per heavy atom. The van der Waals surface area contributed by atoms with Crippen molar-refractivity contribution in [1.82, 2.24) is 5.32 Å². The molecule has 0 saturated carbocycles. The van der Waals surface area contributed by atoms with Gasteiger partial charge in [0.05, 0.1) is 5.56 Å². The van der Waals surface area contributed by atoms with E-state index in [4.69, 9.17) is 9.49 Å². The second-order valence-corrected chi connectivity index (χ2v) is 9.25. The molecule has 0 heterocycles. The van der Waals surface area contributed by atoms with E-state index in [0.29, 0.717) is 24.3 Å². The van der Waals surface area contributed by atoms with Crippen molar-refractivity contribution in [2.75, 3.05) is 6.54 Å². The smallest absolute Gasteiger partial charge is 0.255 e. The zero-order valence-electron chi connectivity index (χ0n) is 20.2. The molecule has 0 fully saturated rings. The lowest BCUT2D eigenvalue weighted by Gasteiger charge is -2.11. The molecule has 1 amide bonds. The van der Waals surface area contributed by atoms with Crippen molar-refractivity contribution in [1.29, 1.82) is 0 Å². The number of carbonyl (C=O) groups is 1. The molecule has 4 heteroatoms. The Kier molecular flexibility index (Phi) is 18.4. The first-order valence-electron chi connectivity index (χ1n) is 12.9. The molecule has 0 saturated heterocycles. The molecule has 0 aromatic heterocycles. The first-order chi connectivity index (χ1) is 15.7. The van der Waals surface area contributed by atoms with Crippen LogP contribution in [0.4, 0.5) is 0 Å². The van der Waals surface area contributed by atoms with Crippen LogP contribution in [-0.4, -0.2) is 12.5 Å². The molecule has 0 atom stereocenters. The van der Waals surface area contributed by atoms with Gasteiger partial charge in [-0.1, -0.05) is 115 Å². The Hall–Kier alpha value is -1.22. The third-order valence-corrected chi connectivity index (χ3v) is 6.47. The highest BCUT2D eigenvalue weighted by Gasteiger charge is 2.15. The Bertz CT molecular complexity index is 653. The lowest BCUT2D eigenvalue weighted by molar-refractivity contribution is 0.0951. The van der Waals surface area contributed by atoms with Gasteiger partial charge < -0.3 is 8.38 Å². The summed E-state index contributed by atoms with van der Waals surface area (Å²) in [6.45, 7) is 2.99. The summed E-state index contributed by atoms with van der Waals surface area (Å²) >= 11 is 1.81. The standard InChI is InChI=1S/C28H44INO2/c1-3-5-6-7-8-9-10-11-12-13-14-15-16-17-18-19-24-30-28(31)26-23-20-22-25(21-4-2)27(26)32-29/h2,20,22-23H,3,5-19,21,24H2,1H3,(H,30,31). The fraction of sp³-hybridized carbons (Fsp3) is 0.679. The van der Waals surface area contributed by atoms with Gasteiger partial charge in [-0.2, -0.15) is 0 Å². The molecule has 0 aliphatic heterocycles. The number of rotatable bonds is 20. The van der Waals surface area contributed by atoms with Gasteiger partial charge in [0, 0.05) is 18.5 Å². The number of amides is 1. The topological polar surface area (TPSA) is 38.3 Å². The van der Waals surface area contributed by atoms with E-state index in [1.54, 1.807) is 6.07 Å². The number of hydrogen-bond acceptors (Lipinski definition) is 2. The van der Waals surface area contributed by atoms with Gasteiger partial charge in [-0.05, 0) is 12.5 Å². The lowest BCUT2D eigenvalue weighted by Crippen LogP contribution is -2.25. The third-order valence-electron chi connectivity index (χ3n) is 6.03. The van der Waals surface area contributed by atoms with Crippen LogP contribution >= 0.6 is 23.0 Å². The van der Waals surface area contributed by atoms with Crippen molar-refractivity contribution >= 4 is 28.9 Å². The van der Waals surface area contributed by atoms with Gasteiger partial charge in [-0.3, -0.25) is 4.79 Å². The van der Waals surface area contributed by atoms with Crippen molar-refractivity contribution in [3.63, 3.8) is 0 Å². The Labute approximate surface area is 211 Å². The predicted molar refractivity (Wildman–Crippen MR) is 146 cm³/mol. The van der Waals surface area contributed by atoms with E-state index in [1.807, 2.05) is 35.1 Å².